The number of carbonyl (C=O) groups excluding carboxylic acids is 2. The van der Waals surface area contributed by atoms with Gasteiger partial charge in [-0.15, -0.1) is 11.3 Å². The van der Waals surface area contributed by atoms with Crippen molar-refractivity contribution in [1.29, 1.82) is 0 Å². The largest absolute Gasteiger partial charge is 0.459 e. The Morgan fingerprint density at radius 3 is 2.75 bits per heavy atom. The summed E-state index contributed by atoms with van der Waals surface area (Å²) >= 11 is 2.77. The van der Waals surface area contributed by atoms with Gasteiger partial charge in [-0.25, -0.2) is 4.39 Å². The fourth-order valence-electron chi connectivity index (χ4n) is 2.46. The molecule has 0 aliphatic rings. The third-order valence-electron chi connectivity index (χ3n) is 3.85. The highest BCUT2D eigenvalue weighted by molar-refractivity contribution is 7.98. The van der Waals surface area contributed by atoms with E-state index in [2.05, 4.69) is 10.6 Å². The van der Waals surface area contributed by atoms with Gasteiger partial charge in [0, 0.05) is 18.1 Å². The fraction of sp³-hybridized carbons (Fsp3) is 0.200. The van der Waals surface area contributed by atoms with Gasteiger partial charge < -0.3 is 15.1 Å². The summed E-state index contributed by atoms with van der Waals surface area (Å²) < 4.78 is 18.6. The van der Waals surface area contributed by atoms with Crippen molar-refractivity contribution in [2.24, 2.45) is 0 Å². The van der Waals surface area contributed by atoms with Crippen LogP contribution in [-0.2, 0) is 5.75 Å². The van der Waals surface area contributed by atoms with Gasteiger partial charge in [0.2, 0.25) is 0 Å². The molecule has 3 aromatic rings. The van der Waals surface area contributed by atoms with E-state index in [9.17, 15) is 14.0 Å². The molecule has 2 aromatic heterocycles. The minimum Gasteiger partial charge on any atom is -0.459 e. The van der Waals surface area contributed by atoms with Crippen molar-refractivity contribution in [3.63, 3.8) is 0 Å². The normalized spacial score (nSPS) is 10.6. The molecule has 2 N–H and O–H groups in total. The molecule has 1 aromatic carbocycles. The number of amides is 2. The first-order valence-electron chi connectivity index (χ1n) is 8.59. The average Bonchev–Trinajstić information content (AvgIpc) is 3.33. The van der Waals surface area contributed by atoms with Crippen LogP contribution < -0.4 is 10.6 Å². The van der Waals surface area contributed by atoms with E-state index in [4.69, 9.17) is 4.42 Å². The predicted octanol–water partition coefficient (Wildman–Crippen LogP) is 4.70. The Balaban J connectivity index is 1.46. The highest BCUT2D eigenvalue weighted by Crippen LogP contribution is 2.27. The zero-order chi connectivity index (χ0) is 19.9. The smallest absolute Gasteiger partial charge is 0.291 e. The second-order valence-electron chi connectivity index (χ2n) is 5.95. The Labute approximate surface area is 170 Å². The van der Waals surface area contributed by atoms with Gasteiger partial charge in [-0.2, -0.15) is 11.8 Å². The molecule has 0 unspecified atom stereocenters. The zero-order valence-electron chi connectivity index (χ0n) is 15.2. The van der Waals surface area contributed by atoms with E-state index >= 15 is 0 Å². The minimum absolute atomic E-state index is 0.188. The standard InChI is InChI=1S/C20H19FN2O3S2/c1-13-11-17(23-19(24)16-7-4-9-26-16)28-18(13)20(25)22-8-10-27-12-14-5-2-3-6-15(14)21/h2-7,9,11H,8,10,12H2,1H3,(H,22,25)(H,23,24). The molecule has 0 saturated carbocycles. The second-order valence-corrected chi connectivity index (χ2v) is 8.11. The molecule has 2 heterocycles. The topological polar surface area (TPSA) is 71.3 Å². The molecule has 8 heteroatoms. The average molecular weight is 419 g/mol. The molecule has 0 aliphatic heterocycles. The molecule has 0 spiro atoms. The van der Waals surface area contributed by atoms with Crippen LogP contribution in [0.15, 0.2) is 53.1 Å². The number of hydrogen-bond acceptors (Lipinski definition) is 5. The maximum absolute atomic E-state index is 13.6. The number of rotatable bonds is 8. The highest BCUT2D eigenvalue weighted by atomic mass is 32.2. The lowest BCUT2D eigenvalue weighted by molar-refractivity contribution is 0.0958. The monoisotopic (exact) mass is 418 g/mol. The molecular weight excluding hydrogens is 399 g/mol. The Morgan fingerprint density at radius 2 is 2.00 bits per heavy atom. The number of halogens is 1. The van der Waals surface area contributed by atoms with Crippen LogP contribution in [0.2, 0.25) is 0 Å². The Hall–Kier alpha value is -2.58. The zero-order valence-corrected chi connectivity index (χ0v) is 16.8. The summed E-state index contributed by atoms with van der Waals surface area (Å²) in [5.74, 6) is 0.687. The molecule has 2 amide bonds. The second kappa shape index (κ2) is 9.57. The molecule has 0 atom stereocenters. The summed E-state index contributed by atoms with van der Waals surface area (Å²) in [5, 5.41) is 6.17. The molecule has 0 saturated heterocycles. The Bertz CT molecular complexity index is 954. The summed E-state index contributed by atoms with van der Waals surface area (Å²) in [7, 11) is 0. The lowest BCUT2D eigenvalue weighted by Gasteiger charge is -2.05. The fourth-order valence-corrected chi connectivity index (χ4v) is 4.29. The summed E-state index contributed by atoms with van der Waals surface area (Å²) in [6, 6.07) is 11.6. The van der Waals surface area contributed by atoms with Crippen LogP contribution in [-0.4, -0.2) is 24.1 Å². The van der Waals surface area contributed by atoms with E-state index in [0.717, 1.165) is 5.56 Å². The van der Waals surface area contributed by atoms with Crippen molar-refractivity contribution in [3.8, 4) is 0 Å². The molecule has 0 fully saturated rings. The first-order chi connectivity index (χ1) is 13.5. The third kappa shape index (κ3) is 5.24. The van der Waals surface area contributed by atoms with Gasteiger partial charge in [0.25, 0.3) is 11.8 Å². The number of carbonyl (C=O) groups is 2. The number of aryl methyl sites for hydroxylation is 1. The van der Waals surface area contributed by atoms with Gasteiger partial charge in [-0.05, 0) is 42.3 Å². The Kier molecular flexibility index (Phi) is 6.89. The van der Waals surface area contributed by atoms with Crippen LogP contribution in [0.4, 0.5) is 9.39 Å². The summed E-state index contributed by atoms with van der Waals surface area (Å²) in [4.78, 5) is 25.0. The van der Waals surface area contributed by atoms with Gasteiger partial charge in [0.15, 0.2) is 5.76 Å². The van der Waals surface area contributed by atoms with E-state index in [-0.39, 0.29) is 23.4 Å². The van der Waals surface area contributed by atoms with Gasteiger partial charge in [-0.1, -0.05) is 18.2 Å². The molecule has 28 heavy (non-hydrogen) atoms. The van der Waals surface area contributed by atoms with Crippen LogP contribution in [0.25, 0.3) is 0 Å². The van der Waals surface area contributed by atoms with E-state index < -0.39 is 0 Å². The van der Waals surface area contributed by atoms with Crippen molar-refractivity contribution < 1.29 is 18.4 Å². The summed E-state index contributed by atoms with van der Waals surface area (Å²) in [5.41, 5.74) is 1.45. The maximum Gasteiger partial charge on any atom is 0.291 e. The third-order valence-corrected chi connectivity index (χ3v) is 6.01. The number of nitrogens with one attached hydrogen (secondary N) is 2. The molecule has 146 valence electrons. The first-order valence-corrected chi connectivity index (χ1v) is 10.6. The number of thiophene rings is 1. The van der Waals surface area contributed by atoms with Crippen LogP contribution in [0.3, 0.4) is 0 Å². The molecule has 5 nitrogen and oxygen atoms in total. The highest BCUT2D eigenvalue weighted by Gasteiger charge is 2.16. The van der Waals surface area contributed by atoms with Gasteiger partial charge >= 0.3 is 0 Å². The number of thioether (sulfide) groups is 1. The van der Waals surface area contributed by atoms with Gasteiger partial charge in [0.1, 0.15) is 5.82 Å². The quantitative estimate of drug-likeness (QED) is 0.520. The lowest BCUT2D eigenvalue weighted by Crippen LogP contribution is -2.25. The van der Waals surface area contributed by atoms with Crippen LogP contribution in [0, 0.1) is 12.7 Å². The Morgan fingerprint density at radius 1 is 1.18 bits per heavy atom. The van der Waals surface area contributed by atoms with E-state index in [1.165, 1.54) is 23.7 Å². The van der Waals surface area contributed by atoms with Gasteiger partial charge in [0.05, 0.1) is 16.1 Å². The van der Waals surface area contributed by atoms with Crippen molar-refractivity contribution in [2.75, 3.05) is 17.6 Å². The van der Waals surface area contributed by atoms with Crippen LogP contribution in [0.5, 0.6) is 0 Å². The molecule has 0 aliphatic carbocycles. The van der Waals surface area contributed by atoms with E-state index in [1.807, 2.05) is 13.0 Å². The lowest BCUT2D eigenvalue weighted by atomic mass is 10.2. The summed E-state index contributed by atoms with van der Waals surface area (Å²) in [6.07, 6.45) is 1.43. The van der Waals surface area contributed by atoms with Crippen molar-refractivity contribution in [2.45, 2.75) is 12.7 Å². The van der Waals surface area contributed by atoms with Crippen molar-refractivity contribution in [3.05, 3.63) is 76.3 Å². The first kappa shape index (κ1) is 20.2. The maximum atomic E-state index is 13.6. The van der Waals surface area contributed by atoms with E-state index in [0.29, 0.717) is 33.5 Å². The predicted molar refractivity (Wildman–Crippen MR) is 111 cm³/mol. The molecule has 0 radical (unpaired) electrons. The van der Waals surface area contributed by atoms with Crippen LogP contribution >= 0.6 is 23.1 Å². The van der Waals surface area contributed by atoms with Crippen LogP contribution in [0.1, 0.15) is 31.4 Å². The number of furan rings is 1. The summed E-state index contributed by atoms with van der Waals surface area (Å²) in [6.45, 7) is 2.30. The molecule has 0 bridgehead atoms. The van der Waals surface area contributed by atoms with Gasteiger partial charge in [-0.3, -0.25) is 9.59 Å². The van der Waals surface area contributed by atoms with Crippen molar-refractivity contribution in [1.82, 2.24) is 5.32 Å². The molecule has 3 rings (SSSR count). The minimum atomic E-state index is -0.359. The SMILES string of the molecule is Cc1cc(NC(=O)c2ccco2)sc1C(=O)NCCSCc1ccccc1F. The molecular formula is C20H19FN2O3S2. The number of anilines is 1. The van der Waals surface area contributed by atoms with Crippen molar-refractivity contribution >= 4 is 39.9 Å². The number of hydrogen-bond donors (Lipinski definition) is 2. The van der Waals surface area contributed by atoms with E-state index in [1.54, 1.807) is 42.1 Å². The number of benzene rings is 1.